The highest BCUT2D eigenvalue weighted by Crippen LogP contribution is 2.20. The molecule has 1 aliphatic heterocycles. The minimum atomic E-state index is -0.271. The van der Waals surface area contributed by atoms with Crippen molar-refractivity contribution < 1.29 is 9.59 Å². The van der Waals surface area contributed by atoms with Crippen LogP contribution in [0.25, 0.3) is 0 Å². The molecule has 3 heteroatoms. The van der Waals surface area contributed by atoms with E-state index in [-0.39, 0.29) is 17.7 Å². The Morgan fingerprint density at radius 3 is 2.57 bits per heavy atom. The molecule has 0 spiro atoms. The topological polar surface area (TPSA) is 46.2 Å². The van der Waals surface area contributed by atoms with Crippen LogP contribution in [-0.2, 0) is 9.59 Å². The van der Waals surface area contributed by atoms with E-state index in [4.69, 9.17) is 0 Å². The first kappa shape index (κ1) is 11.0. The summed E-state index contributed by atoms with van der Waals surface area (Å²) < 4.78 is 0. The number of hydrogen-bond acceptors (Lipinski definition) is 2. The van der Waals surface area contributed by atoms with Crippen LogP contribution >= 0.6 is 0 Å². The van der Waals surface area contributed by atoms with Gasteiger partial charge >= 0.3 is 0 Å². The maximum Gasteiger partial charge on any atom is 0.254 e. The van der Waals surface area contributed by atoms with Gasteiger partial charge in [0, 0.05) is 11.6 Å². The Labute approximate surface area is 84.6 Å². The fraction of sp³-hybridized carbons (Fsp3) is 0.636. The van der Waals surface area contributed by atoms with Crippen LogP contribution in [0.2, 0.25) is 0 Å². The smallest absolute Gasteiger partial charge is 0.254 e. The van der Waals surface area contributed by atoms with Crippen molar-refractivity contribution in [3.05, 3.63) is 11.6 Å². The highest BCUT2D eigenvalue weighted by Gasteiger charge is 2.24. The number of carbonyl (C=O) groups is 2. The van der Waals surface area contributed by atoms with Crippen LogP contribution < -0.4 is 5.32 Å². The molecule has 0 aromatic carbocycles. The molecule has 14 heavy (non-hydrogen) atoms. The van der Waals surface area contributed by atoms with Gasteiger partial charge in [0.25, 0.3) is 11.8 Å². The summed E-state index contributed by atoms with van der Waals surface area (Å²) in [6.07, 6.45) is 5.90. The van der Waals surface area contributed by atoms with Crippen LogP contribution in [0.3, 0.4) is 0 Å². The van der Waals surface area contributed by atoms with Gasteiger partial charge in [0.2, 0.25) is 0 Å². The molecule has 1 N–H and O–H groups in total. The maximum absolute atomic E-state index is 11.3. The Balaban J connectivity index is 2.44. The second kappa shape index (κ2) is 4.94. The fourth-order valence-corrected chi connectivity index (χ4v) is 1.65. The summed E-state index contributed by atoms with van der Waals surface area (Å²) in [5, 5.41) is 2.27. The van der Waals surface area contributed by atoms with Gasteiger partial charge < -0.3 is 0 Å². The van der Waals surface area contributed by atoms with Gasteiger partial charge in [-0.1, -0.05) is 33.1 Å². The van der Waals surface area contributed by atoms with E-state index in [0.717, 1.165) is 12.8 Å². The van der Waals surface area contributed by atoms with Gasteiger partial charge in [-0.15, -0.1) is 0 Å². The molecule has 0 saturated carbocycles. The van der Waals surface area contributed by atoms with Crippen molar-refractivity contribution in [1.29, 1.82) is 0 Å². The first-order valence-electron chi connectivity index (χ1n) is 5.22. The van der Waals surface area contributed by atoms with Crippen molar-refractivity contribution in [2.75, 3.05) is 0 Å². The molecular formula is C11H17NO2. The van der Waals surface area contributed by atoms with Crippen LogP contribution in [0.15, 0.2) is 11.6 Å². The number of amides is 2. The molecule has 0 aromatic heterocycles. The average Bonchev–Trinajstić information content (AvgIpc) is 2.45. The molecule has 0 saturated heterocycles. The van der Waals surface area contributed by atoms with Crippen molar-refractivity contribution in [1.82, 2.24) is 5.32 Å². The molecular weight excluding hydrogens is 178 g/mol. The summed E-state index contributed by atoms with van der Waals surface area (Å²) in [6.45, 7) is 4.15. The lowest BCUT2D eigenvalue weighted by atomic mass is 9.95. The van der Waals surface area contributed by atoms with Gasteiger partial charge in [-0.25, -0.2) is 0 Å². The molecule has 1 atom stereocenters. The van der Waals surface area contributed by atoms with E-state index >= 15 is 0 Å². The number of imide groups is 1. The van der Waals surface area contributed by atoms with Crippen LogP contribution in [0.5, 0.6) is 0 Å². The fourth-order valence-electron chi connectivity index (χ4n) is 1.65. The van der Waals surface area contributed by atoms with Gasteiger partial charge in [-0.2, -0.15) is 0 Å². The van der Waals surface area contributed by atoms with Gasteiger partial charge in [-0.05, 0) is 12.3 Å². The Kier molecular flexibility index (Phi) is 3.86. The summed E-state index contributed by atoms with van der Waals surface area (Å²) >= 11 is 0. The molecule has 1 unspecified atom stereocenters. The molecule has 78 valence electrons. The van der Waals surface area contributed by atoms with Gasteiger partial charge in [0.05, 0.1) is 0 Å². The lowest BCUT2D eigenvalue weighted by Gasteiger charge is -2.09. The molecule has 0 fully saturated rings. The zero-order chi connectivity index (χ0) is 10.6. The molecule has 2 amide bonds. The Morgan fingerprint density at radius 1 is 1.36 bits per heavy atom. The van der Waals surface area contributed by atoms with Crippen LogP contribution in [0, 0.1) is 5.92 Å². The first-order chi connectivity index (χ1) is 6.65. The van der Waals surface area contributed by atoms with E-state index in [2.05, 4.69) is 12.2 Å². The molecule has 0 aliphatic carbocycles. The third-order valence-corrected chi connectivity index (χ3v) is 2.56. The molecule has 0 aromatic rings. The van der Waals surface area contributed by atoms with Crippen molar-refractivity contribution >= 4 is 11.8 Å². The lowest BCUT2D eigenvalue weighted by Crippen LogP contribution is -2.23. The molecule has 0 bridgehead atoms. The number of rotatable bonds is 5. The number of nitrogens with one attached hydrogen (secondary N) is 1. The maximum atomic E-state index is 11.3. The zero-order valence-corrected chi connectivity index (χ0v) is 8.80. The summed E-state index contributed by atoms with van der Waals surface area (Å²) in [4.78, 5) is 22.1. The molecule has 0 radical (unpaired) electrons. The number of carbonyl (C=O) groups excluding carboxylic acids is 2. The molecule has 1 aliphatic rings. The second-order valence-corrected chi connectivity index (χ2v) is 3.81. The molecule has 1 rings (SSSR count). The summed E-state index contributed by atoms with van der Waals surface area (Å²) in [6, 6.07) is 0. The lowest BCUT2D eigenvalue weighted by molar-refractivity contribution is -0.124. The normalized spacial score (nSPS) is 18.0. The zero-order valence-electron chi connectivity index (χ0n) is 8.80. The highest BCUT2D eigenvalue weighted by atomic mass is 16.2. The molecule has 1 heterocycles. The Hall–Kier alpha value is -1.12. The SMILES string of the molecule is CCCCCC(C)C1=CC(=O)NC1=O. The van der Waals surface area contributed by atoms with Gasteiger partial charge in [0.1, 0.15) is 0 Å². The van der Waals surface area contributed by atoms with Crippen LogP contribution in [-0.4, -0.2) is 11.8 Å². The number of unbranched alkanes of at least 4 members (excludes halogenated alkanes) is 2. The molecule has 3 nitrogen and oxygen atoms in total. The minimum Gasteiger partial charge on any atom is -0.289 e. The third kappa shape index (κ3) is 2.69. The second-order valence-electron chi connectivity index (χ2n) is 3.81. The van der Waals surface area contributed by atoms with E-state index in [9.17, 15) is 9.59 Å². The minimum absolute atomic E-state index is 0.202. The van der Waals surface area contributed by atoms with E-state index in [1.807, 2.05) is 6.92 Å². The number of hydrogen-bond donors (Lipinski definition) is 1. The predicted octanol–water partition coefficient (Wildman–Crippen LogP) is 1.79. The van der Waals surface area contributed by atoms with E-state index in [1.54, 1.807) is 0 Å². The highest BCUT2D eigenvalue weighted by molar-refractivity contribution is 6.16. The average molecular weight is 195 g/mol. The summed E-state index contributed by atoms with van der Waals surface area (Å²) in [5.41, 5.74) is 0.645. The Bertz CT molecular complexity index is 268. The summed E-state index contributed by atoms with van der Waals surface area (Å²) in [5.74, 6) is -0.278. The monoisotopic (exact) mass is 195 g/mol. The van der Waals surface area contributed by atoms with Crippen LogP contribution in [0.1, 0.15) is 39.5 Å². The summed E-state index contributed by atoms with van der Waals surface area (Å²) in [7, 11) is 0. The Morgan fingerprint density at radius 2 is 2.07 bits per heavy atom. The predicted molar refractivity (Wildman–Crippen MR) is 54.5 cm³/mol. The van der Waals surface area contributed by atoms with E-state index in [1.165, 1.54) is 18.9 Å². The largest absolute Gasteiger partial charge is 0.289 e. The first-order valence-corrected chi connectivity index (χ1v) is 5.22. The third-order valence-electron chi connectivity index (χ3n) is 2.56. The van der Waals surface area contributed by atoms with Crippen molar-refractivity contribution in [3.63, 3.8) is 0 Å². The van der Waals surface area contributed by atoms with Gasteiger partial charge in [-0.3, -0.25) is 14.9 Å². The van der Waals surface area contributed by atoms with Crippen LogP contribution in [0.4, 0.5) is 0 Å². The van der Waals surface area contributed by atoms with E-state index < -0.39 is 0 Å². The van der Waals surface area contributed by atoms with Crippen molar-refractivity contribution in [2.24, 2.45) is 5.92 Å². The van der Waals surface area contributed by atoms with Crippen molar-refractivity contribution in [2.45, 2.75) is 39.5 Å². The van der Waals surface area contributed by atoms with Crippen molar-refractivity contribution in [3.8, 4) is 0 Å². The van der Waals surface area contributed by atoms with E-state index in [0.29, 0.717) is 5.57 Å². The quantitative estimate of drug-likeness (QED) is 0.537. The standard InChI is InChI=1S/C11H17NO2/c1-3-4-5-6-8(2)9-7-10(13)12-11(9)14/h7-8H,3-6H2,1-2H3,(H,12,13,14). The van der Waals surface area contributed by atoms with Gasteiger partial charge in [0.15, 0.2) is 0 Å².